The van der Waals surface area contributed by atoms with Crippen LogP contribution in [0.5, 0.6) is 5.75 Å². The van der Waals surface area contributed by atoms with Crippen LogP contribution in [0.4, 0.5) is 0 Å². The van der Waals surface area contributed by atoms with Gasteiger partial charge >= 0.3 is 0 Å². The van der Waals surface area contributed by atoms with Crippen molar-refractivity contribution >= 4 is 5.96 Å². The monoisotopic (exact) mass is 367 g/mol. The second kappa shape index (κ2) is 9.97. The second-order valence-corrected chi connectivity index (χ2v) is 6.69. The van der Waals surface area contributed by atoms with E-state index >= 15 is 0 Å². The number of rotatable bonds is 8. The van der Waals surface area contributed by atoms with E-state index in [-0.39, 0.29) is 0 Å². The number of benzene rings is 2. The molecule has 1 unspecified atom stereocenters. The Labute approximate surface area is 161 Å². The third-order valence-electron chi connectivity index (χ3n) is 4.66. The molecule has 144 valence electrons. The van der Waals surface area contributed by atoms with Crippen molar-refractivity contribution in [3.63, 3.8) is 0 Å². The summed E-state index contributed by atoms with van der Waals surface area (Å²) < 4.78 is 5.56. The van der Waals surface area contributed by atoms with Gasteiger partial charge in [-0.15, -0.1) is 0 Å². The molecule has 2 aromatic carbocycles. The van der Waals surface area contributed by atoms with Gasteiger partial charge in [0.25, 0.3) is 0 Å². The second-order valence-electron chi connectivity index (χ2n) is 6.69. The average molecular weight is 367 g/mol. The molecule has 0 aliphatic carbocycles. The lowest BCUT2D eigenvalue weighted by Gasteiger charge is -2.13. The lowest BCUT2D eigenvalue weighted by Crippen LogP contribution is -2.38. The molecule has 0 spiro atoms. The molecule has 0 radical (unpaired) electrons. The molecule has 5 nitrogen and oxygen atoms in total. The Hall–Kier alpha value is -2.53. The highest BCUT2D eigenvalue weighted by Gasteiger charge is 2.12. The molecule has 3 rings (SSSR count). The van der Waals surface area contributed by atoms with Crippen molar-refractivity contribution in [3.8, 4) is 5.75 Å². The van der Waals surface area contributed by atoms with Gasteiger partial charge in [0.1, 0.15) is 5.75 Å². The maximum absolute atomic E-state index is 10.2. The molecule has 1 atom stereocenters. The normalized spacial score (nSPS) is 14.4. The van der Waals surface area contributed by atoms with E-state index in [1.807, 2.05) is 30.3 Å². The first-order chi connectivity index (χ1) is 13.3. The SMILES string of the molecule is CCNC(=NCCC(O)c1ccccc1)NCCc1ccc2c(c1)CCO2. The number of hydrogen-bond acceptors (Lipinski definition) is 3. The van der Waals surface area contributed by atoms with Gasteiger partial charge in [0.2, 0.25) is 0 Å². The Morgan fingerprint density at radius 3 is 2.85 bits per heavy atom. The Kier molecular flexibility index (Phi) is 7.11. The summed E-state index contributed by atoms with van der Waals surface area (Å²) in [5, 5.41) is 16.9. The molecule has 3 N–H and O–H groups in total. The first kappa shape index (κ1) is 19.2. The van der Waals surface area contributed by atoms with Crippen LogP contribution < -0.4 is 15.4 Å². The van der Waals surface area contributed by atoms with E-state index in [9.17, 15) is 5.11 Å². The lowest BCUT2D eigenvalue weighted by atomic mass is 10.1. The number of aliphatic hydroxyl groups excluding tert-OH is 1. The molecule has 2 aromatic rings. The number of hydrogen-bond donors (Lipinski definition) is 3. The first-order valence-corrected chi connectivity index (χ1v) is 9.76. The zero-order valence-corrected chi connectivity index (χ0v) is 15.9. The molecule has 0 aromatic heterocycles. The minimum Gasteiger partial charge on any atom is -0.493 e. The fraction of sp³-hybridized carbons (Fsp3) is 0.409. The van der Waals surface area contributed by atoms with Gasteiger partial charge in [0, 0.05) is 26.1 Å². The summed E-state index contributed by atoms with van der Waals surface area (Å²) >= 11 is 0. The molecular weight excluding hydrogens is 338 g/mol. The molecule has 1 aliphatic heterocycles. The summed E-state index contributed by atoms with van der Waals surface area (Å²) in [6, 6.07) is 16.2. The van der Waals surface area contributed by atoms with Gasteiger partial charge in [-0.2, -0.15) is 0 Å². The van der Waals surface area contributed by atoms with Crippen LogP contribution >= 0.6 is 0 Å². The number of aliphatic hydroxyl groups is 1. The van der Waals surface area contributed by atoms with Gasteiger partial charge in [0.15, 0.2) is 5.96 Å². The van der Waals surface area contributed by atoms with Gasteiger partial charge in [-0.3, -0.25) is 4.99 Å². The molecule has 0 saturated heterocycles. The molecule has 1 aliphatic rings. The zero-order valence-electron chi connectivity index (χ0n) is 15.9. The predicted octanol–water partition coefficient (Wildman–Crippen LogP) is 2.84. The summed E-state index contributed by atoms with van der Waals surface area (Å²) in [4.78, 5) is 4.58. The highest BCUT2D eigenvalue weighted by molar-refractivity contribution is 5.79. The molecule has 0 amide bonds. The average Bonchev–Trinajstić information content (AvgIpc) is 3.16. The van der Waals surface area contributed by atoms with Crippen LogP contribution in [0, 0.1) is 0 Å². The minimum absolute atomic E-state index is 0.480. The largest absolute Gasteiger partial charge is 0.493 e. The number of nitrogens with zero attached hydrogens (tertiary/aromatic N) is 1. The van der Waals surface area contributed by atoms with E-state index in [1.165, 1.54) is 11.1 Å². The number of guanidine groups is 1. The van der Waals surface area contributed by atoms with Gasteiger partial charge in [0.05, 0.1) is 12.7 Å². The Morgan fingerprint density at radius 1 is 1.19 bits per heavy atom. The summed E-state index contributed by atoms with van der Waals surface area (Å²) in [5.74, 6) is 1.82. The quantitative estimate of drug-likeness (QED) is 0.496. The van der Waals surface area contributed by atoms with Crippen LogP contribution in [0.25, 0.3) is 0 Å². The topological polar surface area (TPSA) is 65.9 Å². The summed E-state index contributed by atoms with van der Waals surface area (Å²) in [7, 11) is 0. The Balaban J connectivity index is 1.46. The third-order valence-corrected chi connectivity index (χ3v) is 4.66. The van der Waals surface area contributed by atoms with Crippen molar-refractivity contribution in [2.75, 3.05) is 26.2 Å². The van der Waals surface area contributed by atoms with Crippen molar-refractivity contribution in [2.45, 2.75) is 32.3 Å². The summed E-state index contributed by atoms with van der Waals surface area (Å²) in [5.41, 5.74) is 3.55. The summed E-state index contributed by atoms with van der Waals surface area (Å²) in [6.07, 6.45) is 2.06. The maximum atomic E-state index is 10.2. The minimum atomic E-state index is -0.480. The highest BCUT2D eigenvalue weighted by atomic mass is 16.5. The van der Waals surface area contributed by atoms with Gasteiger partial charge in [-0.25, -0.2) is 0 Å². The molecule has 1 heterocycles. The number of nitrogens with one attached hydrogen (secondary N) is 2. The van der Waals surface area contributed by atoms with Crippen LogP contribution in [0.2, 0.25) is 0 Å². The van der Waals surface area contributed by atoms with Crippen LogP contribution in [-0.2, 0) is 12.8 Å². The molecule has 5 heteroatoms. The number of ether oxygens (including phenoxy) is 1. The Bertz CT molecular complexity index is 746. The van der Waals surface area contributed by atoms with E-state index < -0.39 is 6.10 Å². The van der Waals surface area contributed by atoms with Crippen molar-refractivity contribution < 1.29 is 9.84 Å². The zero-order chi connectivity index (χ0) is 18.9. The van der Waals surface area contributed by atoms with Gasteiger partial charge in [-0.05, 0) is 42.5 Å². The number of fused-ring (bicyclic) bond motifs is 1. The number of aliphatic imine (C=N–C) groups is 1. The molecule has 0 bridgehead atoms. The fourth-order valence-electron chi connectivity index (χ4n) is 3.20. The van der Waals surface area contributed by atoms with E-state index in [4.69, 9.17) is 4.74 Å². The van der Waals surface area contributed by atoms with Crippen LogP contribution in [0.3, 0.4) is 0 Å². The molecule has 0 fully saturated rings. The maximum Gasteiger partial charge on any atom is 0.191 e. The molecular formula is C22H29N3O2. The first-order valence-electron chi connectivity index (χ1n) is 9.76. The van der Waals surface area contributed by atoms with E-state index in [2.05, 4.69) is 40.7 Å². The van der Waals surface area contributed by atoms with E-state index in [0.29, 0.717) is 13.0 Å². The van der Waals surface area contributed by atoms with Gasteiger partial charge in [-0.1, -0.05) is 42.5 Å². The highest BCUT2D eigenvalue weighted by Crippen LogP contribution is 2.25. The van der Waals surface area contributed by atoms with E-state index in [0.717, 1.165) is 49.8 Å². The predicted molar refractivity (Wildman–Crippen MR) is 109 cm³/mol. The van der Waals surface area contributed by atoms with Crippen molar-refractivity contribution in [2.24, 2.45) is 4.99 Å². The summed E-state index contributed by atoms with van der Waals surface area (Å²) in [6.45, 7) is 5.04. The van der Waals surface area contributed by atoms with E-state index in [1.54, 1.807) is 0 Å². The fourth-order valence-corrected chi connectivity index (χ4v) is 3.20. The van der Waals surface area contributed by atoms with Crippen LogP contribution in [0.15, 0.2) is 53.5 Å². The molecule has 0 saturated carbocycles. The smallest absolute Gasteiger partial charge is 0.191 e. The van der Waals surface area contributed by atoms with Crippen LogP contribution in [-0.4, -0.2) is 37.3 Å². The van der Waals surface area contributed by atoms with Crippen molar-refractivity contribution in [1.82, 2.24) is 10.6 Å². The lowest BCUT2D eigenvalue weighted by molar-refractivity contribution is 0.170. The standard InChI is InChI=1S/C22H29N3O2/c1-2-23-22(25-14-11-20(26)18-6-4-3-5-7-18)24-13-10-17-8-9-21-19(16-17)12-15-27-21/h3-9,16,20,26H,2,10-15H2,1H3,(H2,23,24,25). The van der Waals surface area contributed by atoms with Gasteiger partial charge < -0.3 is 20.5 Å². The molecule has 27 heavy (non-hydrogen) atoms. The Morgan fingerprint density at radius 2 is 2.04 bits per heavy atom. The third kappa shape index (κ3) is 5.73. The van der Waals surface area contributed by atoms with Crippen molar-refractivity contribution in [3.05, 3.63) is 65.2 Å². The van der Waals surface area contributed by atoms with Crippen molar-refractivity contribution in [1.29, 1.82) is 0 Å². The van der Waals surface area contributed by atoms with Crippen LogP contribution in [0.1, 0.15) is 36.1 Å².